The van der Waals surface area contributed by atoms with Crippen molar-refractivity contribution in [2.24, 2.45) is 0 Å². The number of aryl methyl sites for hydroxylation is 1. The van der Waals surface area contributed by atoms with Gasteiger partial charge in [-0.05, 0) is 36.2 Å². The maximum absolute atomic E-state index is 13.0. The smallest absolute Gasteiger partial charge is 0.0862 e. The van der Waals surface area contributed by atoms with Crippen LogP contribution in [0.5, 0.6) is 0 Å². The second kappa shape index (κ2) is 7.69. The maximum Gasteiger partial charge on any atom is 0.0862 e. The zero-order valence-electron chi connectivity index (χ0n) is 13.3. The van der Waals surface area contributed by atoms with Crippen LogP contribution in [0.15, 0.2) is 93.5 Å². The van der Waals surface area contributed by atoms with Gasteiger partial charge < -0.3 is 0 Å². The average Bonchev–Trinajstić information content (AvgIpc) is 2.62. The van der Waals surface area contributed by atoms with Crippen LogP contribution < -0.4 is 0 Å². The molecular weight excluding hydrogens is 336 g/mol. The van der Waals surface area contributed by atoms with Gasteiger partial charge in [-0.25, -0.2) is 4.21 Å². The van der Waals surface area contributed by atoms with Crippen molar-refractivity contribution in [3.63, 3.8) is 0 Å². The fourth-order valence-electron chi connectivity index (χ4n) is 2.53. The van der Waals surface area contributed by atoms with Crippen molar-refractivity contribution in [3.8, 4) is 0 Å². The molecule has 122 valence electrons. The van der Waals surface area contributed by atoms with Gasteiger partial charge in [-0.2, -0.15) is 0 Å². The van der Waals surface area contributed by atoms with Crippen molar-refractivity contribution in [3.05, 3.63) is 90.0 Å². The summed E-state index contributed by atoms with van der Waals surface area (Å²) in [6.45, 7) is 1.92. The fourth-order valence-corrected chi connectivity index (χ4v) is 5.59. The molecule has 0 bridgehead atoms. The zero-order valence-corrected chi connectivity index (χ0v) is 15.0. The summed E-state index contributed by atoms with van der Waals surface area (Å²) < 4.78 is 25.9. The van der Waals surface area contributed by atoms with Crippen LogP contribution in [0.4, 0.5) is 0 Å². The van der Waals surface area contributed by atoms with Gasteiger partial charge in [-0.15, -0.1) is 0 Å². The summed E-state index contributed by atoms with van der Waals surface area (Å²) in [6, 6.07) is 24.6. The molecule has 0 spiro atoms. The summed E-state index contributed by atoms with van der Waals surface area (Å²) >= 11 is 0. The number of hydrogen-bond acceptors (Lipinski definition) is 2. The van der Waals surface area contributed by atoms with Gasteiger partial charge in [0.2, 0.25) is 0 Å². The Bertz CT molecular complexity index is 875. The molecule has 4 heteroatoms. The molecule has 3 aromatic rings. The Hall–Kier alpha value is -2.04. The largest absolute Gasteiger partial charge is 0.254 e. The predicted octanol–water partition coefficient (Wildman–Crippen LogP) is 4.47. The Morgan fingerprint density at radius 3 is 2.04 bits per heavy atom. The van der Waals surface area contributed by atoms with Crippen LogP contribution in [-0.4, -0.2) is 8.42 Å². The monoisotopic (exact) mass is 354 g/mol. The molecule has 0 heterocycles. The van der Waals surface area contributed by atoms with E-state index in [1.807, 2.05) is 85.8 Å². The zero-order chi connectivity index (χ0) is 16.9. The molecule has 0 N–H and O–H groups in total. The van der Waals surface area contributed by atoms with Crippen LogP contribution in [0.1, 0.15) is 11.1 Å². The first-order valence-corrected chi connectivity index (χ1v) is 10.1. The molecule has 3 aromatic carbocycles. The lowest BCUT2D eigenvalue weighted by Gasteiger charge is -2.12. The second-order valence-electron chi connectivity index (χ2n) is 5.46. The van der Waals surface area contributed by atoms with Gasteiger partial charge in [0, 0.05) is 4.90 Å². The topological polar surface area (TPSA) is 34.1 Å². The van der Waals surface area contributed by atoms with E-state index >= 15 is 0 Å². The third-order valence-electron chi connectivity index (χ3n) is 3.70. The van der Waals surface area contributed by atoms with Gasteiger partial charge in [0.25, 0.3) is 0 Å². The summed E-state index contributed by atoms with van der Waals surface area (Å²) in [7, 11) is -2.59. The summed E-state index contributed by atoms with van der Waals surface area (Å²) in [5.41, 5.74) is 1.92. The Kier molecular flexibility index (Phi) is 5.38. The molecule has 24 heavy (non-hydrogen) atoms. The van der Waals surface area contributed by atoms with Gasteiger partial charge in [-0.1, -0.05) is 60.7 Å². The first-order chi connectivity index (χ1) is 11.7. The van der Waals surface area contributed by atoms with Crippen molar-refractivity contribution in [1.29, 1.82) is 0 Å². The standard InChI is InChI=1S/C20H18O2S2/c1-16-9-8-14-19(24(22)18-12-6-3-7-13-18)20(16)23(21)15-17-10-4-2-5-11-17/h2-14H,15H2,1H3. The highest BCUT2D eigenvalue weighted by Crippen LogP contribution is 2.27. The number of rotatable bonds is 5. The Morgan fingerprint density at radius 2 is 1.38 bits per heavy atom. The van der Waals surface area contributed by atoms with Crippen LogP contribution in [0.3, 0.4) is 0 Å². The van der Waals surface area contributed by atoms with Crippen molar-refractivity contribution in [2.75, 3.05) is 0 Å². The molecule has 2 unspecified atom stereocenters. The Balaban J connectivity index is 1.99. The summed E-state index contributed by atoms with van der Waals surface area (Å²) in [6.07, 6.45) is 0. The normalized spacial score (nSPS) is 13.4. The van der Waals surface area contributed by atoms with Gasteiger partial charge in [0.1, 0.15) is 0 Å². The molecule has 0 aliphatic carbocycles. The third-order valence-corrected chi connectivity index (χ3v) is 6.86. The van der Waals surface area contributed by atoms with Gasteiger partial charge in [-0.3, -0.25) is 4.21 Å². The summed E-state index contributed by atoms with van der Waals surface area (Å²) in [4.78, 5) is 2.04. The molecule has 2 nitrogen and oxygen atoms in total. The molecule has 0 aromatic heterocycles. The first-order valence-electron chi connectivity index (χ1n) is 7.65. The molecule has 0 amide bonds. The highest BCUT2D eigenvalue weighted by atomic mass is 32.2. The first kappa shape index (κ1) is 16.8. The van der Waals surface area contributed by atoms with E-state index in [0.717, 1.165) is 16.0 Å². The molecule has 0 aliphatic heterocycles. The molecule has 2 atom stereocenters. The lowest BCUT2D eigenvalue weighted by Crippen LogP contribution is -2.05. The molecule has 0 saturated heterocycles. The highest BCUT2D eigenvalue weighted by molar-refractivity contribution is 7.88. The number of benzene rings is 3. The van der Waals surface area contributed by atoms with E-state index in [0.29, 0.717) is 15.5 Å². The molecule has 0 radical (unpaired) electrons. The fraction of sp³-hybridized carbons (Fsp3) is 0.100. The molecule has 0 aliphatic rings. The quantitative estimate of drug-likeness (QED) is 0.677. The Labute approximate surface area is 147 Å². The van der Waals surface area contributed by atoms with Crippen molar-refractivity contribution >= 4 is 21.6 Å². The van der Waals surface area contributed by atoms with Crippen LogP contribution in [-0.2, 0) is 27.4 Å². The van der Waals surface area contributed by atoms with E-state index in [1.165, 1.54) is 0 Å². The van der Waals surface area contributed by atoms with E-state index in [-0.39, 0.29) is 0 Å². The minimum Gasteiger partial charge on any atom is -0.254 e. The molecular formula is C20H18O2S2. The maximum atomic E-state index is 13.0. The van der Waals surface area contributed by atoms with Crippen molar-refractivity contribution < 1.29 is 8.42 Å². The van der Waals surface area contributed by atoms with E-state index in [2.05, 4.69) is 0 Å². The van der Waals surface area contributed by atoms with Crippen molar-refractivity contribution in [2.45, 2.75) is 27.4 Å². The molecule has 0 fully saturated rings. The van der Waals surface area contributed by atoms with E-state index in [9.17, 15) is 8.42 Å². The average molecular weight is 354 g/mol. The van der Waals surface area contributed by atoms with E-state index < -0.39 is 21.6 Å². The lowest BCUT2D eigenvalue weighted by molar-refractivity contribution is 0.673. The van der Waals surface area contributed by atoms with Crippen LogP contribution in [0.2, 0.25) is 0 Å². The summed E-state index contributed by atoms with van der Waals surface area (Å²) in [5, 5.41) is 0. The molecule has 0 saturated carbocycles. The summed E-state index contributed by atoms with van der Waals surface area (Å²) in [5.74, 6) is 0.421. The highest BCUT2D eigenvalue weighted by Gasteiger charge is 2.18. The number of hydrogen-bond donors (Lipinski definition) is 0. The van der Waals surface area contributed by atoms with Gasteiger partial charge >= 0.3 is 0 Å². The van der Waals surface area contributed by atoms with Gasteiger partial charge in [0.15, 0.2) is 0 Å². The van der Waals surface area contributed by atoms with E-state index in [1.54, 1.807) is 0 Å². The predicted molar refractivity (Wildman–Crippen MR) is 98.8 cm³/mol. The second-order valence-corrected chi connectivity index (χ2v) is 8.30. The third kappa shape index (κ3) is 3.71. The Morgan fingerprint density at radius 1 is 0.750 bits per heavy atom. The van der Waals surface area contributed by atoms with E-state index in [4.69, 9.17) is 0 Å². The minimum absolute atomic E-state index is 0.421. The van der Waals surface area contributed by atoms with Crippen molar-refractivity contribution in [1.82, 2.24) is 0 Å². The van der Waals surface area contributed by atoms with Crippen LogP contribution >= 0.6 is 0 Å². The van der Waals surface area contributed by atoms with Crippen LogP contribution in [0, 0.1) is 6.92 Å². The SMILES string of the molecule is Cc1cccc(S(=O)c2ccccc2)c1S(=O)Cc1ccccc1. The lowest BCUT2D eigenvalue weighted by atomic mass is 10.2. The van der Waals surface area contributed by atoms with Gasteiger partial charge in [0.05, 0.1) is 37.1 Å². The minimum atomic E-state index is -1.34. The molecule has 3 rings (SSSR count). The van der Waals surface area contributed by atoms with Crippen LogP contribution in [0.25, 0.3) is 0 Å².